The smallest absolute Gasteiger partial charge is 0.255 e. The largest absolute Gasteiger partial charge is 0.322 e. The van der Waals surface area contributed by atoms with E-state index in [9.17, 15) is 4.79 Å². The summed E-state index contributed by atoms with van der Waals surface area (Å²) >= 11 is 5.94. The second kappa shape index (κ2) is 6.94. The Kier molecular flexibility index (Phi) is 4.99. The van der Waals surface area contributed by atoms with Crippen molar-refractivity contribution in [2.75, 3.05) is 11.9 Å². The normalized spacial score (nSPS) is 9.67. The second-order valence-electron chi connectivity index (χ2n) is 4.50. The number of carbonyl (C=O) groups is 1. The molecular formula is C17H15ClN2O. The maximum absolute atomic E-state index is 12.3. The lowest BCUT2D eigenvalue weighted by Gasteiger charge is -2.08. The Balaban J connectivity index is 2.21. The van der Waals surface area contributed by atoms with E-state index in [0.717, 1.165) is 11.1 Å². The Bertz CT molecular complexity index is 729. The highest BCUT2D eigenvalue weighted by Crippen LogP contribution is 2.18. The minimum absolute atomic E-state index is 0.195. The highest BCUT2D eigenvalue weighted by atomic mass is 35.5. The van der Waals surface area contributed by atoms with Gasteiger partial charge in [-0.15, -0.1) is 0 Å². The molecule has 0 saturated heterocycles. The molecule has 2 rings (SSSR count). The molecule has 2 aromatic carbocycles. The van der Waals surface area contributed by atoms with Crippen molar-refractivity contribution < 1.29 is 4.79 Å². The molecule has 4 heteroatoms. The Labute approximate surface area is 129 Å². The van der Waals surface area contributed by atoms with E-state index in [2.05, 4.69) is 17.2 Å². The van der Waals surface area contributed by atoms with Gasteiger partial charge >= 0.3 is 0 Å². The lowest BCUT2D eigenvalue weighted by Crippen LogP contribution is -2.13. The Morgan fingerprint density at radius 3 is 2.86 bits per heavy atom. The van der Waals surface area contributed by atoms with E-state index in [0.29, 0.717) is 22.8 Å². The molecule has 0 bridgehead atoms. The van der Waals surface area contributed by atoms with Crippen molar-refractivity contribution in [3.63, 3.8) is 0 Å². The van der Waals surface area contributed by atoms with Crippen molar-refractivity contribution in [3.05, 3.63) is 64.2 Å². The summed E-state index contributed by atoms with van der Waals surface area (Å²) < 4.78 is 0. The van der Waals surface area contributed by atoms with Gasteiger partial charge in [-0.3, -0.25) is 4.79 Å². The average molecular weight is 299 g/mol. The Morgan fingerprint density at radius 1 is 1.29 bits per heavy atom. The van der Waals surface area contributed by atoms with Crippen LogP contribution in [0.25, 0.3) is 0 Å². The van der Waals surface area contributed by atoms with E-state index < -0.39 is 0 Å². The number of halogens is 1. The van der Waals surface area contributed by atoms with Crippen molar-refractivity contribution in [2.45, 2.75) is 6.92 Å². The summed E-state index contributed by atoms with van der Waals surface area (Å²) in [4.78, 5) is 12.3. The number of benzene rings is 2. The summed E-state index contributed by atoms with van der Waals surface area (Å²) in [6, 6.07) is 12.6. The molecule has 0 aliphatic carbocycles. The fourth-order valence-corrected chi connectivity index (χ4v) is 2.04. The number of hydrogen-bond donors (Lipinski definition) is 2. The number of carbonyl (C=O) groups excluding carboxylic acids is 1. The molecule has 1 amide bonds. The first kappa shape index (κ1) is 15.1. The molecule has 3 N–H and O–H groups in total. The number of aryl methyl sites for hydroxylation is 1. The number of anilines is 1. The summed E-state index contributed by atoms with van der Waals surface area (Å²) in [6.07, 6.45) is 0. The molecule has 0 radical (unpaired) electrons. The SMILES string of the molecule is Cc1ccc(Cl)cc1C(=O)Nc1cccc(C#CCN)c1. The molecule has 0 aliphatic rings. The van der Waals surface area contributed by atoms with E-state index in [-0.39, 0.29) is 5.91 Å². The summed E-state index contributed by atoms with van der Waals surface area (Å²) in [5.41, 5.74) is 8.26. The fraction of sp³-hybridized carbons (Fsp3) is 0.118. The van der Waals surface area contributed by atoms with E-state index in [4.69, 9.17) is 17.3 Å². The van der Waals surface area contributed by atoms with Gasteiger partial charge in [-0.05, 0) is 42.8 Å². The van der Waals surface area contributed by atoms with Crippen LogP contribution in [0.1, 0.15) is 21.5 Å². The van der Waals surface area contributed by atoms with Gasteiger partial charge in [0.05, 0.1) is 6.54 Å². The van der Waals surface area contributed by atoms with Gasteiger partial charge in [0.2, 0.25) is 0 Å². The maximum atomic E-state index is 12.3. The fourth-order valence-electron chi connectivity index (χ4n) is 1.87. The highest BCUT2D eigenvalue weighted by molar-refractivity contribution is 6.31. The number of nitrogens with one attached hydrogen (secondary N) is 1. The lowest BCUT2D eigenvalue weighted by atomic mass is 10.1. The molecule has 0 aliphatic heterocycles. The van der Waals surface area contributed by atoms with Crippen LogP contribution >= 0.6 is 11.6 Å². The van der Waals surface area contributed by atoms with Gasteiger partial charge in [0.15, 0.2) is 0 Å². The number of nitrogens with two attached hydrogens (primary N) is 1. The number of hydrogen-bond acceptors (Lipinski definition) is 2. The third kappa shape index (κ3) is 4.09. The summed E-state index contributed by atoms with van der Waals surface area (Å²) in [5.74, 6) is 5.52. The third-order valence-electron chi connectivity index (χ3n) is 2.90. The molecule has 0 saturated carbocycles. The molecule has 0 spiro atoms. The van der Waals surface area contributed by atoms with Crippen LogP contribution in [-0.2, 0) is 0 Å². The van der Waals surface area contributed by atoms with Crippen molar-refractivity contribution >= 4 is 23.2 Å². The number of amides is 1. The first-order valence-corrected chi connectivity index (χ1v) is 6.84. The van der Waals surface area contributed by atoms with Crippen LogP contribution in [-0.4, -0.2) is 12.5 Å². The minimum Gasteiger partial charge on any atom is -0.322 e. The van der Waals surface area contributed by atoms with Gasteiger partial charge < -0.3 is 11.1 Å². The monoisotopic (exact) mass is 298 g/mol. The van der Waals surface area contributed by atoms with Gasteiger partial charge in [-0.25, -0.2) is 0 Å². The van der Waals surface area contributed by atoms with Gasteiger partial charge in [-0.1, -0.05) is 35.6 Å². The second-order valence-corrected chi connectivity index (χ2v) is 4.94. The molecule has 0 heterocycles. The van der Waals surface area contributed by atoms with Crippen molar-refractivity contribution in [1.82, 2.24) is 0 Å². The first-order valence-electron chi connectivity index (χ1n) is 6.46. The zero-order valence-corrected chi connectivity index (χ0v) is 12.4. The highest BCUT2D eigenvalue weighted by Gasteiger charge is 2.10. The molecule has 3 nitrogen and oxygen atoms in total. The first-order chi connectivity index (χ1) is 10.1. The van der Waals surface area contributed by atoms with Crippen LogP contribution in [0.2, 0.25) is 5.02 Å². The molecule has 0 atom stereocenters. The Hall–Kier alpha value is -2.28. The van der Waals surface area contributed by atoms with Gasteiger partial charge in [0.1, 0.15) is 0 Å². The average Bonchev–Trinajstić information content (AvgIpc) is 2.48. The molecule has 0 unspecified atom stereocenters. The van der Waals surface area contributed by atoms with Crippen LogP contribution in [0.3, 0.4) is 0 Å². The van der Waals surface area contributed by atoms with Gasteiger partial charge in [0, 0.05) is 21.8 Å². The summed E-state index contributed by atoms with van der Waals surface area (Å²) in [7, 11) is 0. The quantitative estimate of drug-likeness (QED) is 0.837. The predicted molar refractivity (Wildman–Crippen MR) is 86.5 cm³/mol. The van der Waals surface area contributed by atoms with Gasteiger partial charge in [-0.2, -0.15) is 0 Å². The topological polar surface area (TPSA) is 55.1 Å². The Morgan fingerprint density at radius 2 is 2.10 bits per heavy atom. The molecular weight excluding hydrogens is 284 g/mol. The molecule has 2 aromatic rings. The van der Waals surface area contributed by atoms with Crippen molar-refractivity contribution in [3.8, 4) is 11.8 Å². The zero-order chi connectivity index (χ0) is 15.2. The third-order valence-corrected chi connectivity index (χ3v) is 3.13. The van der Waals surface area contributed by atoms with Crippen LogP contribution in [0, 0.1) is 18.8 Å². The van der Waals surface area contributed by atoms with Gasteiger partial charge in [0.25, 0.3) is 5.91 Å². The molecule has 21 heavy (non-hydrogen) atoms. The van der Waals surface area contributed by atoms with Crippen molar-refractivity contribution in [1.29, 1.82) is 0 Å². The summed E-state index contributed by atoms with van der Waals surface area (Å²) in [6.45, 7) is 2.17. The predicted octanol–water partition coefficient (Wildman–Crippen LogP) is 3.21. The van der Waals surface area contributed by atoms with E-state index in [1.165, 1.54) is 0 Å². The molecule has 106 valence electrons. The standard InChI is InChI=1S/C17H15ClN2O/c1-12-7-8-14(18)11-16(12)17(21)20-15-6-2-4-13(10-15)5-3-9-19/h2,4,6-8,10-11H,9,19H2,1H3,(H,20,21). The van der Waals surface area contributed by atoms with Crippen LogP contribution in [0.4, 0.5) is 5.69 Å². The minimum atomic E-state index is -0.195. The van der Waals surface area contributed by atoms with E-state index >= 15 is 0 Å². The van der Waals surface area contributed by atoms with E-state index in [1.807, 2.05) is 31.2 Å². The van der Waals surface area contributed by atoms with E-state index in [1.54, 1.807) is 18.2 Å². The maximum Gasteiger partial charge on any atom is 0.255 e. The zero-order valence-electron chi connectivity index (χ0n) is 11.6. The summed E-state index contributed by atoms with van der Waals surface area (Å²) in [5, 5.41) is 3.38. The molecule has 0 aromatic heterocycles. The van der Waals surface area contributed by atoms with Crippen LogP contribution < -0.4 is 11.1 Å². The van der Waals surface area contributed by atoms with Crippen LogP contribution in [0.5, 0.6) is 0 Å². The van der Waals surface area contributed by atoms with Crippen molar-refractivity contribution in [2.24, 2.45) is 5.73 Å². The number of rotatable bonds is 2. The molecule has 0 fully saturated rings. The van der Waals surface area contributed by atoms with Crippen LogP contribution in [0.15, 0.2) is 42.5 Å². The lowest BCUT2D eigenvalue weighted by molar-refractivity contribution is 0.102.